The van der Waals surface area contributed by atoms with Crippen LogP contribution in [0.25, 0.3) is 0 Å². The number of aliphatic hydroxyl groups is 1. The van der Waals surface area contributed by atoms with Gasteiger partial charge in [-0.05, 0) is 25.2 Å². The van der Waals surface area contributed by atoms with E-state index in [9.17, 15) is 0 Å². The van der Waals surface area contributed by atoms with Crippen LogP contribution in [-0.4, -0.2) is 5.11 Å². The molecule has 0 amide bonds. The summed E-state index contributed by atoms with van der Waals surface area (Å²) in [5.41, 5.74) is 5.85. The molecule has 0 rings (SSSR count). The standard InChI is InChI=1S/C7H11NO/c1-3-7(8)5-4-6(2)9/h3-5,9H,1,8H2,2H3/b6-4+,7-5+. The van der Waals surface area contributed by atoms with Gasteiger partial charge in [0.15, 0.2) is 0 Å². The van der Waals surface area contributed by atoms with Gasteiger partial charge in [-0.3, -0.25) is 0 Å². The summed E-state index contributed by atoms with van der Waals surface area (Å²) in [6, 6.07) is 0. The Kier molecular flexibility index (Phi) is 3.28. The van der Waals surface area contributed by atoms with Gasteiger partial charge < -0.3 is 10.8 Å². The molecule has 0 aromatic carbocycles. The molecule has 0 fully saturated rings. The van der Waals surface area contributed by atoms with Crippen LogP contribution in [0.2, 0.25) is 0 Å². The summed E-state index contributed by atoms with van der Waals surface area (Å²) >= 11 is 0. The van der Waals surface area contributed by atoms with Crippen molar-refractivity contribution in [2.24, 2.45) is 5.73 Å². The van der Waals surface area contributed by atoms with Crippen molar-refractivity contribution in [3.8, 4) is 0 Å². The van der Waals surface area contributed by atoms with E-state index >= 15 is 0 Å². The first-order chi connectivity index (χ1) is 4.16. The molecule has 3 N–H and O–H groups in total. The number of hydrogen-bond donors (Lipinski definition) is 2. The van der Waals surface area contributed by atoms with Crippen LogP contribution in [0.3, 0.4) is 0 Å². The molecule has 0 unspecified atom stereocenters. The van der Waals surface area contributed by atoms with Gasteiger partial charge in [-0.1, -0.05) is 6.58 Å². The fourth-order valence-corrected chi connectivity index (χ4v) is 0.285. The molecule has 50 valence electrons. The molecule has 0 heterocycles. The van der Waals surface area contributed by atoms with Gasteiger partial charge in [0.1, 0.15) is 0 Å². The Balaban J connectivity index is 3.98. The van der Waals surface area contributed by atoms with E-state index < -0.39 is 0 Å². The molecule has 0 aromatic heterocycles. The average Bonchev–Trinajstić information content (AvgIpc) is 1.83. The van der Waals surface area contributed by atoms with Crippen molar-refractivity contribution < 1.29 is 5.11 Å². The molecular formula is C7H11NO. The molecule has 0 spiro atoms. The molecule has 0 aliphatic heterocycles. The van der Waals surface area contributed by atoms with Crippen molar-refractivity contribution in [3.63, 3.8) is 0 Å². The Labute approximate surface area is 55.0 Å². The zero-order chi connectivity index (χ0) is 7.28. The highest BCUT2D eigenvalue weighted by Gasteiger charge is 1.76. The minimum atomic E-state index is 0.236. The third-order valence-corrected chi connectivity index (χ3v) is 0.753. The molecule has 0 aliphatic carbocycles. The Morgan fingerprint density at radius 1 is 1.56 bits per heavy atom. The van der Waals surface area contributed by atoms with Gasteiger partial charge >= 0.3 is 0 Å². The number of nitrogens with two attached hydrogens (primary N) is 1. The largest absolute Gasteiger partial charge is 0.513 e. The monoisotopic (exact) mass is 125 g/mol. The first kappa shape index (κ1) is 7.82. The minimum absolute atomic E-state index is 0.236. The van der Waals surface area contributed by atoms with E-state index in [1.165, 1.54) is 12.2 Å². The molecule has 0 radical (unpaired) electrons. The maximum Gasteiger partial charge on any atom is 0.0892 e. The normalized spacial score (nSPS) is 13.4. The lowest BCUT2D eigenvalue weighted by atomic mass is 10.3. The van der Waals surface area contributed by atoms with Crippen LogP contribution in [0.5, 0.6) is 0 Å². The summed E-state index contributed by atoms with van der Waals surface area (Å²) in [4.78, 5) is 0. The van der Waals surface area contributed by atoms with Crippen molar-refractivity contribution in [2.45, 2.75) is 6.92 Å². The third kappa shape index (κ3) is 4.68. The molecule has 9 heavy (non-hydrogen) atoms. The summed E-state index contributed by atoms with van der Waals surface area (Å²) in [6.07, 6.45) is 4.61. The second kappa shape index (κ2) is 3.78. The van der Waals surface area contributed by atoms with Crippen molar-refractivity contribution in [3.05, 3.63) is 36.3 Å². The second-order valence-electron chi connectivity index (χ2n) is 1.68. The maximum atomic E-state index is 8.62. The van der Waals surface area contributed by atoms with E-state index in [1.807, 2.05) is 0 Å². The van der Waals surface area contributed by atoms with Crippen molar-refractivity contribution in [1.29, 1.82) is 0 Å². The zero-order valence-corrected chi connectivity index (χ0v) is 5.46. The molecule has 0 saturated carbocycles. The van der Waals surface area contributed by atoms with Crippen LogP contribution in [0, 0.1) is 0 Å². The molecule has 0 aliphatic rings. The molecule has 0 aromatic rings. The van der Waals surface area contributed by atoms with E-state index in [-0.39, 0.29) is 5.76 Å². The van der Waals surface area contributed by atoms with Crippen molar-refractivity contribution in [2.75, 3.05) is 0 Å². The van der Waals surface area contributed by atoms with Gasteiger partial charge in [0, 0.05) is 5.70 Å². The van der Waals surface area contributed by atoms with Crippen LogP contribution in [0.15, 0.2) is 36.3 Å². The van der Waals surface area contributed by atoms with E-state index in [0.29, 0.717) is 5.70 Å². The van der Waals surface area contributed by atoms with Crippen LogP contribution < -0.4 is 5.73 Å². The van der Waals surface area contributed by atoms with Crippen LogP contribution in [0.1, 0.15) is 6.92 Å². The molecule has 2 nitrogen and oxygen atoms in total. The summed E-state index contributed by atoms with van der Waals surface area (Å²) in [6.45, 7) is 5.01. The highest BCUT2D eigenvalue weighted by Crippen LogP contribution is 1.89. The molecule has 0 bridgehead atoms. The molecule has 0 atom stereocenters. The Morgan fingerprint density at radius 3 is 2.44 bits per heavy atom. The lowest BCUT2D eigenvalue weighted by Gasteiger charge is -1.86. The van der Waals surface area contributed by atoms with E-state index in [2.05, 4.69) is 6.58 Å². The Morgan fingerprint density at radius 2 is 2.11 bits per heavy atom. The highest BCUT2D eigenvalue weighted by atomic mass is 16.3. The minimum Gasteiger partial charge on any atom is -0.513 e. The topological polar surface area (TPSA) is 46.2 Å². The maximum absolute atomic E-state index is 8.62. The van der Waals surface area contributed by atoms with Gasteiger partial charge in [-0.25, -0.2) is 0 Å². The van der Waals surface area contributed by atoms with Crippen LogP contribution in [-0.2, 0) is 0 Å². The summed E-state index contributed by atoms with van der Waals surface area (Å²) in [7, 11) is 0. The number of hydrogen-bond acceptors (Lipinski definition) is 2. The van der Waals surface area contributed by atoms with Gasteiger partial charge in [0.25, 0.3) is 0 Å². The van der Waals surface area contributed by atoms with Crippen molar-refractivity contribution in [1.82, 2.24) is 0 Å². The van der Waals surface area contributed by atoms with Gasteiger partial charge in [-0.2, -0.15) is 0 Å². The predicted octanol–water partition coefficient (Wildman–Crippen LogP) is 1.48. The summed E-state index contributed by atoms with van der Waals surface area (Å²) < 4.78 is 0. The van der Waals surface area contributed by atoms with Gasteiger partial charge in [0.05, 0.1) is 5.76 Å². The van der Waals surface area contributed by atoms with E-state index in [1.54, 1.807) is 13.0 Å². The SMILES string of the molecule is C=C/C(N)=C\C=C(/C)O. The van der Waals surface area contributed by atoms with Gasteiger partial charge in [0.2, 0.25) is 0 Å². The molecule has 0 saturated heterocycles. The van der Waals surface area contributed by atoms with Gasteiger partial charge in [-0.15, -0.1) is 0 Å². The highest BCUT2D eigenvalue weighted by molar-refractivity contribution is 5.19. The van der Waals surface area contributed by atoms with E-state index in [0.717, 1.165) is 0 Å². The third-order valence-electron chi connectivity index (χ3n) is 0.753. The first-order valence-corrected chi connectivity index (χ1v) is 2.62. The Hall–Kier alpha value is -1.18. The molecular weight excluding hydrogens is 114 g/mol. The predicted molar refractivity (Wildman–Crippen MR) is 38.9 cm³/mol. The Bertz CT molecular complexity index is 152. The summed E-state index contributed by atoms with van der Waals surface area (Å²) in [5.74, 6) is 0.236. The number of allylic oxidation sites excluding steroid dienone is 4. The van der Waals surface area contributed by atoms with Crippen LogP contribution >= 0.6 is 0 Å². The second-order valence-corrected chi connectivity index (χ2v) is 1.68. The lowest BCUT2D eigenvalue weighted by molar-refractivity contribution is 0.414. The number of aliphatic hydroxyl groups excluding tert-OH is 1. The van der Waals surface area contributed by atoms with E-state index in [4.69, 9.17) is 10.8 Å². The quantitative estimate of drug-likeness (QED) is 0.433. The fraction of sp³-hybridized carbons (Fsp3) is 0.143. The first-order valence-electron chi connectivity index (χ1n) is 2.62. The molecule has 2 heteroatoms. The van der Waals surface area contributed by atoms with Crippen molar-refractivity contribution >= 4 is 0 Å². The fourth-order valence-electron chi connectivity index (χ4n) is 0.285. The number of rotatable bonds is 2. The lowest BCUT2D eigenvalue weighted by Crippen LogP contribution is -1.90. The zero-order valence-electron chi connectivity index (χ0n) is 5.46. The average molecular weight is 125 g/mol. The van der Waals surface area contributed by atoms with Crippen LogP contribution in [0.4, 0.5) is 0 Å². The smallest absolute Gasteiger partial charge is 0.0892 e. The summed E-state index contributed by atoms with van der Waals surface area (Å²) in [5, 5.41) is 8.62.